The summed E-state index contributed by atoms with van der Waals surface area (Å²) >= 11 is 0. The third-order valence-electron chi connectivity index (χ3n) is 3.65. The number of aromatic nitrogens is 3. The lowest BCUT2D eigenvalue weighted by molar-refractivity contribution is 0.549. The second-order valence-corrected chi connectivity index (χ2v) is 4.96. The number of pyridine rings is 1. The maximum Gasteiger partial charge on any atom is 0.154 e. The van der Waals surface area contributed by atoms with Crippen molar-refractivity contribution in [3.8, 4) is 0 Å². The van der Waals surface area contributed by atoms with Gasteiger partial charge in [0, 0.05) is 19.8 Å². The number of nitrogens with zero attached hydrogens (tertiary/aromatic N) is 3. The molecule has 0 radical (unpaired) electrons. The fourth-order valence-corrected chi connectivity index (χ4v) is 2.55. The monoisotopic (exact) mass is 245 g/mol. The fourth-order valence-electron chi connectivity index (χ4n) is 2.55. The van der Waals surface area contributed by atoms with Gasteiger partial charge in [-0.05, 0) is 37.9 Å². The second-order valence-electron chi connectivity index (χ2n) is 4.96. The minimum absolute atomic E-state index is 0.806. The SMILES string of the molecule is Cn1cnc2c(NCCC3CCNC3)nccc21. The van der Waals surface area contributed by atoms with Crippen molar-refractivity contribution in [2.45, 2.75) is 12.8 Å². The number of nitrogens with one attached hydrogen (secondary N) is 2. The largest absolute Gasteiger partial charge is 0.368 e. The number of fused-ring (bicyclic) bond motifs is 1. The number of rotatable bonds is 4. The van der Waals surface area contributed by atoms with Crippen LogP contribution in [0.3, 0.4) is 0 Å². The van der Waals surface area contributed by atoms with E-state index in [-0.39, 0.29) is 0 Å². The fraction of sp³-hybridized carbons (Fsp3) is 0.538. The van der Waals surface area contributed by atoms with Crippen molar-refractivity contribution >= 4 is 16.9 Å². The Morgan fingerprint density at radius 1 is 1.50 bits per heavy atom. The topological polar surface area (TPSA) is 54.8 Å². The third-order valence-corrected chi connectivity index (χ3v) is 3.65. The molecule has 0 aromatic carbocycles. The molecule has 1 fully saturated rings. The molecule has 5 nitrogen and oxygen atoms in total. The van der Waals surface area contributed by atoms with Crippen LogP contribution >= 0.6 is 0 Å². The summed E-state index contributed by atoms with van der Waals surface area (Å²) in [4.78, 5) is 8.78. The summed E-state index contributed by atoms with van der Waals surface area (Å²) in [5.41, 5.74) is 2.08. The van der Waals surface area contributed by atoms with E-state index in [0.717, 1.165) is 35.9 Å². The Morgan fingerprint density at radius 3 is 3.28 bits per heavy atom. The van der Waals surface area contributed by atoms with Gasteiger partial charge < -0.3 is 15.2 Å². The van der Waals surface area contributed by atoms with Gasteiger partial charge in [-0.3, -0.25) is 0 Å². The van der Waals surface area contributed by atoms with Gasteiger partial charge in [0.1, 0.15) is 5.52 Å². The van der Waals surface area contributed by atoms with Gasteiger partial charge in [0.05, 0.1) is 11.8 Å². The molecular formula is C13H19N5. The van der Waals surface area contributed by atoms with Crippen LogP contribution in [-0.2, 0) is 7.05 Å². The summed E-state index contributed by atoms with van der Waals surface area (Å²) in [5.74, 6) is 1.71. The van der Waals surface area contributed by atoms with Gasteiger partial charge >= 0.3 is 0 Å². The molecule has 0 saturated carbocycles. The van der Waals surface area contributed by atoms with Crippen LogP contribution < -0.4 is 10.6 Å². The van der Waals surface area contributed by atoms with Crippen LogP contribution in [-0.4, -0.2) is 34.2 Å². The molecule has 2 N–H and O–H groups in total. The molecule has 96 valence electrons. The summed E-state index contributed by atoms with van der Waals surface area (Å²) in [6.45, 7) is 3.29. The predicted molar refractivity (Wildman–Crippen MR) is 72.6 cm³/mol. The predicted octanol–water partition coefficient (Wildman–Crippen LogP) is 1.38. The molecule has 1 aliphatic heterocycles. The van der Waals surface area contributed by atoms with Crippen molar-refractivity contribution in [2.24, 2.45) is 13.0 Å². The lowest BCUT2D eigenvalue weighted by Gasteiger charge is -2.10. The highest BCUT2D eigenvalue weighted by molar-refractivity contribution is 5.85. The molecule has 1 unspecified atom stereocenters. The highest BCUT2D eigenvalue weighted by atomic mass is 15.1. The Balaban J connectivity index is 1.66. The van der Waals surface area contributed by atoms with Crippen molar-refractivity contribution in [2.75, 3.05) is 25.0 Å². The Kier molecular flexibility index (Phi) is 3.15. The van der Waals surface area contributed by atoms with Crippen molar-refractivity contribution in [3.63, 3.8) is 0 Å². The van der Waals surface area contributed by atoms with Crippen LogP contribution in [0.25, 0.3) is 11.0 Å². The molecule has 0 spiro atoms. The van der Waals surface area contributed by atoms with E-state index < -0.39 is 0 Å². The molecule has 1 aliphatic rings. The number of anilines is 1. The van der Waals surface area contributed by atoms with E-state index in [2.05, 4.69) is 20.6 Å². The van der Waals surface area contributed by atoms with Crippen molar-refractivity contribution in [3.05, 3.63) is 18.6 Å². The van der Waals surface area contributed by atoms with E-state index in [1.807, 2.05) is 30.2 Å². The second kappa shape index (κ2) is 4.94. The molecule has 0 aliphatic carbocycles. The summed E-state index contributed by atoms with van der Waals surface area (Å²) in [7, 11) is 2.00. The number of imidazole rings is 1. The maximum absolute atomic E-state index is 4.39. The van der Waals surface area contributed by atoms with Gasteiger partial charge in [-0.1, -0.05) is 0 Å². The highest BCUT2D eigenvalue weighted by Gasteiger charge is 2.14. The maximum atomic E-state index is 4.39. The first kappa shape index (κ1) is 11.5. The van der Waals surface area contributed by atoms with Crippen molar-refractivity contribution in [1.82, 2.24) is 19.9 Å². The molecule has 0 amide bonds. The zero-order valence-electron chi connectivity index (χ0n) is 10.7. The summed E-state index contributed by atoms with van der Waals surface area (Å²) < 4.78 is 2.02. The minimum Gasteiger partial charge on any atom is -0.368 e. The van der Waals surface area contributed by atoms with Gasteiger partial charge in [-0.25, -0.2) is 9.97 Å². The molecular weight excluding hydrogens is 226 g/mol. The lowest BCUT2D eigenvalue weighted by Crippen LogP contribution is -2.13. The number of hydrogen-bond acceptors (Lipinski definition) is 4. The van der Waals surface area contributed by atoms with E-state index in [9.17, 15) is 0 Å². The minimum atomic E-state index is 0.806. The Bertz CT molecular complexity index is 527. The molecule has 0 bridgehead atoms. The smallest absolute Gasteiger partial charge is 0.154 e. The van der Waals surface area contributed by atoms with Crippen LogP contribution in [0.2, 0.25) is 0 Å². The molecule has 5 heteroatoms. The molecule has 1 atom stereocenters. The van der Waals surface area contributed by atoms with Gasteiger partial charge in [0.25, 0.3) is 0 Å². The van der Waals surface area contributed by atoms with Crippen LogP contribution in [0.1, 0.15) is 12.8 Å². The molecule has 3 rings (SSSR count). The van der Waals surface area contributed by atoms with Gasteiger partial charge in [-0.15, -0.1) is 0 Å². The van der Waals surface area contributed by atoms with Crippen LogP contribution in [0.5, 0.6) is 0 Å². The van der Waals surface area contributed by atoms with Gasteiger partial charge in [-0.2, -0.15) is 0 Å². The van der Waals surface area contributed by atoms with E-state index >= 15 is 0 Å². The van der Waals surface area contributed by atoms with Crippen LogP contribution in [0, 0.1) is 5.92 Å². The third kappa shape index (κ3) is 2.18. The molecule has 3 heterocycles. The van der Waals surface area contributed by atoms with Gasteiger partial charge in [0.15, 0.2) is 5.82 Å². The average Bonchev–Trinajstić information content (AvgIpc) is 3.01. The summed E-state index contributed by atoms with van der Waals surface area (Å²) in [6.07, 6.45) is 6.16. The number of hydrogen-bond donors (Lipinski definition) is 2. The lowest BCUT2D eigenvalue weighted by atomic mass is 10.1. The Labute approximate surface area is 107 Å². The quantitative estimate of drug-likeness (QED) is 0.854. The first-order chi connectivity index (χ1) is 8.84. The van der Waals surface area contributed by atoms with Crippen LogP contribution in [0.15, 0.2) is 18.6 Å². The zero-order valence-corrected chi connectivity index (χ0v) is 10.7. The summed E-state index contributed by atoms with van der Waals surface area (Å²) in [5, 5.41) is 6.81. The van der Waals surface area contributed by atoms with Crippen molar-refractivity contribution in [1.29, 1.82) is 0 Å². The van der Waals surface area contributed by atoms with E-state index in [0.29, 0.717) is 0 Å². The standard InChI is InChI=1S/C13H19N5/c1-18-9-17-12-11(18)4-7-16-13(12)15-6-3-10-2-5-14-8-10/h4,7,9-10,14H,2-3,5-6,8H2,1H3,(H,15,16). The Morgan fingerprint density at radius 2 is 2.44 bits per heavy atom. The molecule has 2 aromatic heterocycles. The Hall–Kier alpha value is -1.62. The van der Waals surface area contributed by atoms with E-state index in [1.54, 1.807) is 0 Å². The molecule has 2 aromatic rings. The normalized spacial score (nSPS) is 19.5. The van der Waals surface area contributed by atoms with E-state index in [1.165, 1.54) is 19.4 Å². The first-order valence-electron chi connectivity index (χ1n) is 6.55. The molecule has 1 saturated heterocycles. The average molecular weight is 245 g/mol. The van der Waals surface area contributed by atoms with Gasteiger partial charge in [0.2, 0.25) is 0 Å². The zero-order chi connectivity index (χ0) is 12.4. The van der Waals surface area contributed by atoms with E-state index in [4.69, 9.17) is 0 Å². The molecule has 18 heavy (non-hydrogen) atoms. The van der Waals surface area contributed by atoms with Crippen molar-refractivity contribution < 1.29 is 0 Å². The summed E-state index contributed by atoms with van der Waals surface area (Å²) in [6, 6.07) is 1.99. The highest BCUT2D eigenvalue weighted by Crippen LogP contribution is 2.19. The number of aryl methyl sites for hydroxylation is 1. The first-order valence-corrected chi connectivity index (χ1v) is 6.55. The van der Waals surface area contributed by atoms with Crippen LogP contribution in [0.4, 0.5) is 5.82 Å².